The summed E-state index contributed by atoms with van der Waals surface area (Å²) < 4.78 is 27.2. The Kier molecular flexibility index (Phi) is 5.40. The molecule has 5 unspecified atom stereocenters. The molecule has 1 heterocycles. The highest BCUT2D eigenvalue weighted by atomic mass is 79.9. The Morgan fingerprint density at radius 1 is 1.34 bits per heavy atom. The maximum absolute atomic E-state index is 15.1. The van der Waals surface area contributed by atoms with Crippen molar-refractivity contribution in [2.45, 2.75) is 31.2 Å². The number of anilines is 1. The zero-order valence-corrected chi connectivity index (χ0v) is 19.3. The van der Waals surface area contributed by atoms with E-state index in [1.807, 2.05) is 12.1 Å². The van der Waals surface area contributed by atoms with E-state index in [1.54, 1.807) is 13.2 Å². The number of ether oxygens (including phenoxy) is 2. The fourth-order valence-electron chi connectivity index (χ4n) is 6.26. The minimum atomic E-state index is -1.05. The first-order valence-electron chi connectivity index (χ1n) is 10.9. The third-order valence-corrected chi connectivity index (χ3v) is 7.97. The van der Waals surface area contributed by atoms with Crippen LogP contribution >= 0.6 is 15.9 Å². The summed E-state index contributed by atoms with van der Waals surface area (Å²) in [6.45, 7) is 4.04. The molecular formula is C25H25BrFNO4. The zero-order chi connectivity index (χ0) is 22.6. The van der Waals surface area contributed by atoms with Gasteiger partial charge in [0.25, 0.3) is 0 Å². The summed E-state index contributed by atoms with van der Waals surface area (Å²) in [6, 6.07) is 6.44. The van der Waals surface area contributed by atoms with Crippen molar-refractivity contribution in [3.05, 3.63) is 63.9 Å². The fourth-order valence-corrected chi connectivity index (χ4v) is 6.83. The molecule has 0 radical (unpaired) electrons. The first-order valence-corrected chi connectivity index (χ1v) is 11.7. The monoisotopic (exact) mass is 501 g/mol. The van der Waals surface area contributed by atoms with Crippen LogP contribution in [0.2, 0.25) is 0 Å². The lowest BCUT2D eigenvalue weighted by molar-refractivity contribution is 0.0697. The second-order valence-corrected chi connectivity index (χ2v) is 9.74. The maximum atomic E-state index is 15.1. The van der Waals surface area contributed by atoms with Crippen molar-refractivity contribution in [3.8, 4) is 11.5 Å². The minimum Gasteiger partial charge on any atom is -0.493 e. The summed E-state index contributed by atoms with van der Waals surface area (Å²) in [5.41, 5.74) is 2.05. The summed E-state index contributed by atoms with van der Waals surface area (Å²) in [4.78, 5) is 12.0. The first kappa shape index (κ1) is 21.3. The summed E-state index contributed by atoms with van der Waals surface area (Å²) in [5.74, 6) is 0.867. The number of carboxylic acids is 1. The number of carbonyl (C=O) groups is 1. The molecule has 2 fully saturated rings. The molecular weight excluding hydrogens is 477 g/mol. The van der Waals surface area contributed by atoms with Crippen molar-refractivity contribution in [3.63, 3.8) is 0 Å². The smallest absolute Gasteiger partial charge is 0.337 e. The van der Waals surface area contributed by atoms with Gasteiger partial charge in [0.15, 0.2) is 11.5 Å². The highest BCUT2D eigenvalue weighted by molar-refractivity contribution is 9.10. The number of fused-ring (bicyclic) bond motifs is 7. The Bertz CT molecular complexity index is 1100. The molecule has 2 aromatic carbocycles. The Labute approximate surface area is 194 Å². The third-order valence-electron chi connectivity index (χ3n) is 7.38. The van der Waals surface area contributed by atoms with Crippen LogP contribution in [0.4, 0.5) is 10.1 Å². The van der Waals surface area contributed by atoms with Gasteiger partial charge in [-0.2, -0.15) is 0 Å². The Hall–Kier alpha value is -2.54. The Balaban J connectivity index is 1.65. The molecule has 168 valence electrons. The van der Waals surface area contributed by atoms with Crippen LogP contribution in [-0.2, 0) is 0 Å². The number of nitrogens with one attached hydrogen (secondary N) is 1. The molecule has 2 aromatic rings. The highest BCUT2D eigenvalue weighted by Crippen LogP contribution is 2.64. The highest BCUT2D eigenvalue weighted by Gasteiger charge is 2.55. The average Bonchev–Trinajstić information content (AvgIpc) is 3.40. The third kappa shape index (κ3) is 3.20. The molecule has 32 heavy (non-hydrogen) atoms. The van der Waals surface area contributed by atoms with E-state index in [0.717, 1.165) is 29.3 Å². The number of rotatable bonds is 6. The van der Waals surface area contributed by atoms with E-state index in [-0.39, 0.29) is 29.3 Å². The lowest BCUT2D eigenvalue weighted by Gasteiger charge is -2.44. The van der Waals surface area contributed by atoms with E-state index in [2.05, 4.69) is 27.8 Å². The lowest BCUT2D eigenvalue weighted by atomic mass is 9.67. The molecule has 2 aliphatic carbocycles. The largest absolute Gasteiger partial charge is 0.493 e. The molecule has 3 aliphatic rings. The number of benzene rings is 2. The number of halogens is 2. The van der Waals surface area contributed by atoms with Crippen molar-refractivity contribution in [2.75, 3.05) is 19.0 Å². The van der Waals surface area contributed by atoms with Crippen molar-refractivity contribution in [1.82, 2.24) is 0 Å². The van der Waals surface area contributed by atoms with Crippen molar-refractivity contribution < 1.29 is 23.8 Å². The average molecular weight is 502 g/mol. The van der Waals surface area contributed by atoms with Crippen molar-refractivity contribution >= 4 is 27.6 Å². The van der Waals surface area contributed by atoms with Crippen molar-refractivity contribution in [1.29, 1.82) is 0 Å². The molecule has 0 aromatic heterocycles. The van der Waals surface area contributed by atoms with E-state index in [0.29, 0.717) is 41.2 Å². The topological polar surface area (TPSA) is 67.8 Å². The van der Waals surface area contributed by atoms with Gasteiger partial charge in [0.2, 0.25) is 0 Å². The van der Waals surface area contributed by atoms with Gasteiger partial charge in [-0.3, -0.25) is 0 Å². The number of hydrogen-bond donors (Lipinski definition) is 2. The van der Waals surface area contributed by atoms with E-state index in [1.165, 1.54) is 12.1 Å². The van der Waals surface area contributed by atoms with Crippen LogP contribution in [-0.4, -0.2) is 24.8 Å². The summed E-state index contributed by atoms with van der Waals surface area (Å²) in [7, 11) is 1.59. The quantitative estimate of drug-likeness (QED) is 0.464. The van der Waals surface area contributed by atoms with Gasteiger partial charge in [0.05, 0.1) is 28.9 Å². The molecule has 5 nitrogen and oxygen atoms in total. The minimum absolute atomic E-state index is 0.00997. The molecule has 0 spiro atoms. The van der Waals surface area contributed by atoms with Gasteiger partial charge >= 0.3 is 5.97 Å². The molecule has 5 atom stereocenters. The van der Waals surface area contributed by atoms with E-state index in [4.69, 9.17) is 9.47 Å². The normalized spacial score (nSPS) is 27.3. The summed E-state index contributed by atoms with van der Waals surface area (Å²) in [5, 5.41) is 13.2. The lowest BCUT2D eigenvalue weighted by Crippen LogP contribution is -2.37. The second-order valence-electron chi connectivity index (χ2n) is 8.88. The zero-order valence-electron chi connectivity index (χ0n) is 17.7. The van der Waals surface area contributed by atoms with Gasteiger partial charge in [-0.1, -0.05) is 12.7 Å². The van der Waals surface area contributed by atoms with Crippen LogP contribution in [0.3, 0.4) is 0 Å². The van der Waals surface area contributed by atoms with Gasteiger partial charge in [0.1, 0.15) is 12.4 Å². The summed E-state index contributed by atoms with van der Waals surface area (Å²) >= 11 is 3.61. The van der Waals surface area contributed by atoms with Crippen LogP contribution < -0.4 is 14.8 Å². The predicted molar refractivity (Wildman–Crippen MR) is 123 cm³/mol. The molecule has 2 N–H and O–H groups in total. The van der Waals surface area contributed by atoms with Crippen LogP contribution in [0, 0.1) is 23.6 Å². The molecule has 5 rings (SSSR count). The van der Waals surface area contributed by atoms with E-state index in [9.17, 15) is 9.90 Å². The molecule has 2 saturated carbocycles. The molecule has 1 aliphatic heterocycles. The molecule has 0 amide bonds. The fraction of sp³-hybridized carbons (Fsp3) is 0.400. The number of aromatic carboxylic acids is 1. The second kappa shape index (κ2) is 8.10. The van der Waals surface area contributed by atoms with Gasteiger partial charge in [-0.15, -0.1) is 0 Å². The number of carboxylic acid groups (broad SMARTS) is 1. The van der Waals surface area contributed by atoms with Gasteiger partial charge in [-0.25, -0.2) is 9.18 Å². The van der Waals surface area contributed by atoms with Crippen LogP contribution in [0.15, 0.2) is 41.4 Å². The van der Waals surface area contributed by atoms with Gasteiger partial charge in [0, 0.05) is 5.56 Å². The molecule has 7 heteroatoms. The van der Waals surface area contributed by atoms with Gasteiger partial charge in [-0.05, 0) is 88.7 Å². The Morgan fingerprint density at radius 3 is 2.84 bits per heavy atom. The van der Waals surface area contributed by atoms with Crippen LogP contribution in [0.5, 0.6) is 11.5 Å². The standard InChI is InChI=1S/C25H25BrFNO4/c1-3-8-32-24-16(26)10-14(11-18(24)31-2)22-20-13-5-4-12(9-13)19(20)21-17(27)7-6-15(25(29)30)23(21)28-22/h3,6-7,10-13,19-20,22,28H,1,4-5,8-9H2,2H3,(H,29,30). The van der Waals surface area contributed by atoms with Gasteiger partial charge < -0.3 is 19.9 Å². The van der Waals surface area contributed by atoms with E-state index < -0.39 is 5.97 Å². The molecule has 0 saturated heterocycles. The van der Waals surface area contributed by atoms with Crippen LogP contribution in [0.1, 0.15) is 52.7 Å². The SMILES string of the molecule is C=CCOc1c(Br)cc(C2Nc3c(C(=O)O)ccc(F)c3C3C4CCC(C4)C23)cc1OC. The van der Waals surface area contributed by atoms with E-state index >= 15 is 4.39 Å². The summed E-state index contributed by atoms with van der Waals surface area (Å²) in [6.07, 6.45) is 4.91. The number of hydrogen-bond acceptors (Lipinski definition) is 4. The predicted octanol–water partition coefficient (Wildman–Crippen LogP) is 6.16. The number of methoxy groups -OCH3 is 1. The molecule has 2 bridgehead atoms. The Morgan fingerprint density at radius 2 is 2.12 bits per heavy atom. The maximum Gasteiger partial charge on any atom is 0.337 e. The van der Waals surface area contributed by atoms with Crippen molar-refractivity contribution in [2.24, 2.45) is 17.8 Å². The van der Waals surface area contributed by atoms with Crippen LogP contribution in [0.25, 0.3) is 0 Å². The first-order chi connectivity index (χ1) is 15.4.